The summed E-state index contributed by atoms with van der Waals surface area (Å²) < 4.78 is 58.9. The molecule has 1 aliphatic rings. The maximum atomic E-state index is 11.7. The molecule has 13 heteroatoms. The summed E-state index contributed by atoms with van der Waals surface area (Å²) >= 11 is 4.60. The first-order valence-electron chi connectivity index (χ1n) is 12.8. The Morgan fingerprint density at radius 3 is 2.50 bits per heavy atom. The number of rotatable bonds is 13. The number of isothiocyanates is 1. The minimum absolute atomic E-state index is 0.0494. The zero-order chi connectivity index (χ0) is 30.6. The molecule has 10 nitrogen and oxygen atoms in total. The number of allylic oxidation sites excluding steroid dienone is 8. The molecule has 1 amide bonds. The number of carbonyl (C=O) groups is 1. The van der Waals surface area contributed by atoms with Crippen LogP contribution in [0.5, 0.6) is 0 Å². The smallest absolute Gasteiger partial charge is 0.294 e. The van der Waals surface area contributed by atoms with Gasteiger partial charge in [0.1, 0.15) is 0 Å². The molecule has 0 atom stereocenters. The third kappa shape index (κ3) is 10.8. The number of nitrogens with zero attached hydrogens (tertiary/aromatic N) is 3. The molecule has 0 aliphatic carbocycles. The quantitative estimate of drug-likeness (QED) is 0.0857. The van der Waals surface area contributed by atoms with Crippen LogP contribution in [0, 0.1) is 0 Å². The Kier molecular flexibility index (Phi) is 11.8. The molecule has 2 N–H and O–H groups in total. The van der Waals surface area contributed by atoms with Crippen molar-refractivity contribution >= 4 is 60.8 Å². The minimum atomic E-state index is -4.35. The Labute approximate surface area is 251 Å². The van der Waals surface area contributed by atoms with Crippen LogP contribution >= 0.6 is 12.2 Å². The van der Waals surface area contributed by atoms with Crippen molar-refractivity contribution in [1.29, 1.82) is 0 Å². The van der Waals surface area contributed by atoms with Crippen molar-refractivity contribution in [2.24, 2.45) is 4.99 Å². The maximum Gasteiger partial charge on any atom is 0.294 e. The molecule has 220 valence electrons. The van der Waals surface area contributed by atoms with Crippen molar-refractivity contribution in [3.63, 3.8) is 0 Å². The molecule has 3 rings (SSSR count). The first kappa shape index (κ1) is 32.5. The largest absolute Gasteiger partial charge is 0.347 e. The molecule has 0 saturated heterocycles. The van der Waals surface area contributed by atoms with Crippen LogP contribution in [-0.2, 0) is 31.5 Å². The van der Waals surface area contributed by atoms with Crippen molar-refractivity contribution in [1.82, 2.24) is 4.72 Å². The zero-order valence-corrected chi connectivity index (χ0v) is 25.3. The van der Waals surface area contributed by atoms with Gasteiger partial charge >= 0.3 is 0 Å². The van der Waals surface area contributed by atoms with Gasteiger partial charge in [0.25, 0.3) is 10.1 Å². The Morgan fingerprint density at radius 2 is 1.81 bits per heavy atom. The number of benzene rings is 1. The van der Waals surface area contributed by atoms with Gasteiger partial charge in [-0.25, -0.2) is 18.0 Å². The summed E-state index contributed by atoms with van der Waals surface area (Å²) in [5.74, 6) is -0.552. The molecule has 2 aromatic rings. The number of nitrogens with one attached hydrogen (secondary N) is 1. The summed E-state index contributed by atoms with van der Waals surface area (Å²) in [4.78, 5) is 17.3. The van der Waals surface area contributed by atoms with E-state index in [1.807, 2.05) is 89.0 Å². The topological polar surface area (TPSA) is 137 Å². The van der Waals surface area contributed by atoms with Crippen LogP contribution in [0.2, 0.25) is 0 Å². The highest BCUT2D eigenvalue weighted by Gasteiger charge is 2.20. The van der Waals surface area contributed by atoms with Gasteiger partial charge < -0.3 is 4.90 Å². The van der Waals surface area contributed by atoms with Crippen LogP contribution in [0.3, 0.4) is 0 Å². The van der Waals surface area contributed by atoms with Gasteiger partial charge in [-0.2, -0.15) is 8.42 Å². The summed E-state index contributed by atoms with van der Waals surface area (Å²) in [6.45, 7) is 1.45. The van der Waals surface area contributed by atoms with E-state index in [0.717, 1.165) is 23.0 Å². The number of aromatic nitrogens is 1. The monoisotopic (exact) mass is 627 g/mol. The second kappa shape index (κ2) is 15.3. The number of pyridine rings is 1. The Balaban J connectivity index is 1.61. The van der Waals surface area contributed by atoms with Gasteiger partial charge in [-0.3, -0.25) is 14.1 Å². The third-order valence-corrected chi connectivity index (χ3v) is 7.45. The number of hydrogen-bond donors (Lipinski definition) is 2. The minimum Gasteiger partial charge on any atom is -0.347 e. The van der Waals surface area contributed by atoms with E-state index in [1.54, 1.807) is 10.6 Å². The fourth-order valence-electron chi connectivity index (χ4n) is 3.94. The molecule has 0 fully saturated rings. The summed E-state index contributed by atoms with van der Waals surface area (Å²) in [5.41, 5.74) is 3.33. The molecular weight excluding hydrogens is 597 g/mol. The van der Waals surface area contributed by atoms with Gasteiger partial charge in [-0.15, -0.1) is 0 Å². The van der Waals surface area contributed by atoms with E-state index in [2.05, 4.69) is 22.4 Å². The number of aryl methyl sites for hydroxylation is 1. The van der Waals surface area contributed by atoms with Gasteiger partial charge in [0.05, 0.1) is 29.3 Å². The van der Waals surface area contributed by atoms with Gasteiger partial charge in [0.15, 0.2) is 18.9 Å². The Hall–Kier alpha value is -4.00. The van der Waals surface area contributed by atoms with Crippen molar-refractivity contribution in [2.45, 2.75) is 24.3 Å². The number of amides is 1. The lowest BCUT2D eigenvalue weighted by Gasteiger charge is -2.28. The highest BCUT2D eigenvalue weighted by molar-refractivity contribution is 7.89. The van der Waals surface area contributed by atoms with Crippen molar-refractivity contribution in [3.8, 4) is 0 Å². The van der Waals surface area contributed by atoms with E-state index in [-0.39, 0.29) is 11.3 Å². The SMILES string of the molecule is CS(=O)(=O)NC(=O)CC[n+]1ccc(C=CC=CC=CC=C2C=CN(CCCN=C=S)c3cc(S(=O)(=O)O)ccc32)cc1. The maximum absolute atomic E-state index is 11.7. The molecule has 42 heavy (non-hydrogen) atoms. The molecule has 0 unspecified atom stereocenters. The molecule has 1 aliphatic heterocycles. The summed E-state index contributed by atoms with van der Waals surface area (Å²) in [6, 6.07) is 8.28. The highest BCUT2D eigenvalue weighted by atomic mass is 32.2. The van der Waals surface area contributed by atoms with E-state index in [4.69, 9.17) is 0 Å². The second-order valence-corrected chi connectivity index (χ2v) is 12.5. The molecule has 1 aromatic heterocycles. The standard InChI is InChI=1S/C29H30N4O6S3/c1-41(35,36)31-29(34)15-20-32-18-12-24(13-19-32)8-5-3-2-4-6-9-25-14-21-33(17-7-16-30-23-40)28-22-26(42(37,38)39)10-11-27(25)28/h2-6,8-14,18-19,21-22H,7,15-17,20H2,1H3,(H-,31,34,37,38,39)/p+1. The lowest BCUT2D eigenvalue weighted by atomic mass is 9.99. The summed E-state index contributed by atoms with van der Waals surface area (Å²) in [5, 5.41) is 2.33. The second-order valence-electron chi connectivity index (χ2n) is 9.16. The number of aliphatic imine (C=N–C) groups is 1. The summed E-state index contributed by atoms with van der Waals surface area (Å²) in [7, 11) is -7.90. The number of fused-ring (bicyclic) bond motifs is 1. The molecule has 0 spiro atoms. The van der Waals surface area contributed by atoms with E-state index in [9.17, 15) is 26.2 Å². The number of sulfonamides is 1. The van der Waals surface area contributed by atoms with Crippen LogP contribution in [0.15, 0.2) is 101 Å². The predicted octanol–water partition coefficient (Wildman–Crippen LogP) is 3.72. The van der Waals surface area contributed by atoms with Crippen molar-refractivity contribution < 1.29 is 30.7 Å². The zero-order valence-electron chi connectivity index (χ0n) is 22.8. The van der Waals surface area contributed by atoms with Crippen LogP contribution < -0.4 is 14.2 Å². The van der Waals surface area contributed by atoms with E-state index < -0.39 is 26.0 Å². The molecule has 0 radical (unpaired) electrons. The lowest BCUT2D eigenvalue weighted by Crippen LogP contribution is -2.37. The predicted molar refractivity (Wildman–Crippen MR) is 167 cm³/mol. The van der Waals surface area contributed by atoms with E-state index in [0.29, 0.717) is 31.7 Å². The lowest BCUT2D eigenvalue weighted by molar-refractivity contribution is -0.695. The van der Waals surface area contributed by atoms with Crippen LogP contribution in [-0.4, -0.2) is 51.8 Å². The molecular formula is C29H31N4O6S3+. The number of carbonyl (C=O) groups excluding carboxylic acids is 1. The van der Waals surface area contributed by atoms with Gasteiger partial charge in [-0.1, -0.05) is 48.6 Å². The number of thiocarbonyl (C=S) groups is 1. The normalized spacial score (nSPS) is 14.5. The Morgan fingerprint density at radius 1 is 1.10 bits per heavy atom. The van der Waals surface area contributed by atoms with Crippen molar-refractivity contribution in [2.75, 3.05) is 24.2 Å². The average molecular weight is 628 g/mol. The number of anilines is 1. The fraction of sp³-hybridized carbons (Fsp3) is 0.207. The fourth-order valence-corrected chi connectivity index (χ4v) is 5.04. The van der Waals surface area contributed by atoms with Crippen molar-refractivity contribution in [3.05, 3.63) is 103 Å². The van der Waals surface area contributed by atoms with Gasteiger partial charge in [-0.05, 0) is 48.0 Å². The van der Waals surface area contributed by atoms with Gasteiger partial charge in [0.2, 0.25) is 15.9 Å². The molecule has 1 aromatic carbocycles. The van der Waals surface area contributed by atoms with E-state index in [1.165, 1.54) is 12.1 Å². The van der Waals surface area contributed by atoms with E-state index >= 15 is 0 Å². The molecule has 0 bridgehead atoms. The summed E-state index contributed by atoms with van der Waals surface area (Å²) in [6.07, 6.45) is 22.3. The first-order valence-corrected chi connectivity index (χ1v) is 16.5. The molecule has 2 heterocycles. The van der Waals surface area contributed by atoms with Crippen LogP contribution in [0.25, 0.3) is 11.6 Å². The average Bonchev–Trinajstić information content (AvgIpc) is 2.93. The third-order valence-electron chi connectivity index (χ3n) is 5.88. The first-order chi connectivity index (χ1) is 20.0. The molecule has 0 saturated carbocycles. The van der Waals surface area contributed by atoms with Crippen LogP contribution in [0.1, 0.15) is 24.0 Å². The number of hydrogen-bond acceptors (Lipinski definition) is 8. The van der Waals surface area contributed by atoms with Crippen LogP contribution in [0.4, 0.5) is 5.69 Å². The Bertz CT molecular complexity index is 1700. The highest BCUT2D eigenvalue weighted by Crippen LogP contribution is 2.35. The van der Waals surface area contributed by atoms with Gasteiger partial charge in [0, 0.05) is 36.1 Å².